The number of amides is 1. The van der Waals surface area contributed by atoms with Gasteiger partial charge in [0.05, 0.1) is 23.1 Å². The summed E-state index contributed by atoms with van der Waals surface area (Å²) in [5.74, 6) is 0.0210. The van der Waals surface area contributed by atoms with E-state index in [2.05, 4.69) is 18.9 Å². The fourth-order valence-electron chi connectivity index (χ4n) is 3.18. The normalized spacial score (nSPS) is 19.4. The number of nitrogens with two attached hydrogens (primary N) is 1. The molecule has 3 rings (SSSR count). The molecule has 1 unspecified atom stereocenters. The molecule has 7 heteroatoms. The first-order valence-corrected chi connectivity index (χ1v) is 8.53. The number of carbonyl (C=O) groups excluding carboxylic acids is 1. The zero-order valence-corrected chi connectivity index (χ0v) is 16.3. The smallest absolute Gasteiger partial charge is 0.257 e. The van der Waals surface area contributed by atoms with E-state index in [1.54, 1.807) is 10.9 Å². The number of hydrogen-bond donors (Lipinski definition) is 1. The van der Waals surface area contributed by atoms with Crippen LogP contribution >= 0.6 is 24.0 Å². The first-order chi connectivity index (χ1) is 11.3. The SMILES string of the molecule is Cc1c(C(=O)N2CCC(N)C(C)(C)C2)cnn1-c1ccc(Cl)cc1.Cl. The molecule has 136 valence electrons. The van der Waals surface area contributed by atoms with Gasteiger partial charge in [0.1, 0.15) is 0 Å². The van der Waals surface area contributed by atoms with E-state index in [1.165, 1.54) is 0 Å². The standard InChI is InChI=1S/C18H23ClN4O.ClH/c1-12-15(10-21-23(12)14-6-4-13(19)5-7-14)17(24)22-9-8-16(20)18(2,3)11-22;/h4-7,10,16H,8-9,11,20H2,1-3H3;1H. The molecule has 0 bridgehead atoms. The number of likely N-dealkylation sites (tertiary alicyclic amines) is 1. The second-order valence-corrected chi connectivity index (χ2v) is 7.58. The molecule has 1 aromatic carbocycles. The highest BCUT2D eigenvalue weighted by molar-refractivity contribution is 6.30. The van der Waals surface area contributed by atoms with Crippen LogP contribution in [0.1, 0.15) is 36.3 Å². The fourth-order valence-corrected chi connectivity index (χ4v) is 3.31. The van der Waals surface area contributed by atoms with E-state index in [0.717, 1.165) is 17.8 Å². The van der Waals surface area contributed by atoms with Gasteiger partial charge in [0.2, 0.25) is 0 Å². The van der Waals surface area contributed by atoms with Crippen LogP contribution in [0.15, 0.2) is 30.5 Å². The summed E-state index contributed by atoms with van der Waals surface area (Å²) in [5.41, 5.74) is 8.45. The lowest BCUT2D eigenvalue weighted by molar-refractivity contribution is 0.0532. The molecule has 2 N–H and O–H groups in total. The van der Waals surface area contributed by atoms with Crippen LogP contribution in [-0.2, 0) is 0 Å². The van der Waals surface area contributed by atoms with Crippen LogP contribution in [0.4, 0.5) is 0 Å². The molecular weight excluding hydrogens is 359 g/mol. The van der Waals surface area contributed by atoms with Crippen LogP contribution in [0, 0.1) is 12.3 Å². The number of aromatic nitrogens is 2. The van der Waals surface area contributed by atoms with Gasteiger partial charge in [-0.2, -0.15) is 5.10 Å². The molecule has 1 amide bonds. The molecule has 0 spiro atoms. The summed E-state index contributed by atoms with van der Waals surface area (Å²) < 4.78 is 1.77. The Bertz CT molecular complexity index is 755. The van der Waals surface area contributed by atoms with Crippen LogP contribution in [-0.4, -0.2) is 39.7 Å². The van der Waals surface area contributed by atoms with E-state index in [4.69, 9.17) is 17.3 Å². The molecular formula is C18H24Cl2N4O. The maximum atomic E-state index is 12.9. The van der Waals surface area contributed by atoms with E-state index >= 15 is 0 Å². The summed E-state index contributed by atoms with van der Waals surface area (Å²) in [6, 6.07) is 7.53. The summed E-state index contributed by atoms with van der Waals surface area (Å²) in [6.07, 6.45) is 2.47. The maximum absolute atomic E-state index is 12.9. The number of piperidine rings is 1. The minimum Gasteiger partial charge on any atom is -0.338 e. The number of nitrogens with zero attached hydrogens (tertiary/aromatic N) is 3. The highest BCUT2D eigenvalue weighted by Gasteiger charge is 2.36. The molecule has 1 aromatic heterocycles. The molecule has 0 aliphatic carbocycles. The van der Waals surface area contributed by atoms with E-state index in [1.807, 2.05) is 36.1 Å². The van der Waals surface area contributed by atoms with E-state index in [-0.39, 0.29) is 29.8 Å². The van der Waals surface area contributed by atoms with Crippen LogP contribution in [0.25, 0.3) is 5.69 Å². The van der Waals surface area contributed by atoms with Crippen molar-refractivity contribution in [1.82, 2.24) is 14.7 Å². The Morgan fingerprint density at radius 3 is 2.56 bits per heavy atom. The molecule has 2 aromatic rings. The first-order valence-electron chi connectivity index (χ1n) is 8.15. The second kappa shape index (κ2) is 7.36. The fraction of sp³-hybridized carbons (Fsp3) is 0.444. The first kappa shape index (κ1) is 19.8. The van der Waals surface area contributed by atoms with Crippen molar-refractivity contribution < 1.29 is 4.79 Å². The van der Waals surface area contributed by atoms with Gasteiger partial charge >= 0.3 is 0 Å². The quantitative estimate of drug-likeness (QED) is 0.864. The number of hydrogen-bond acceptors (Lipinski definition) is 3. The Balaban J connectivity index is 0.00000225. The predicted octanol–water partition coefficient (Wildman–Crippen LogP) is 3.46. The zero-order valence-electron chi connectivity index (χ0n) is 14.7. The highest BCUT2D eigenvalue weighted by Crippen LogP contribution is 2.29. The van der Waals surface area contributed by atoms with Gasteiger partial charge in [-0.1, -0.05) is 25.4 Å². The molecule has 25 heavy (non-hydrogen) atoms. The van der Waals surface area contributed by atoms with Crippen LogP contribution in [0.5, 0.6) is 0 Å². The zero-order chi connectivity index (χ0) is 17.5. The lowest BCUT2D eigenvalue weighted by Crippen LogP contribution is -2.54. The van der Waals surface area contributed by atoms with E-state index < -0.39 is 0 Å². The molecule has 1 fully saturated rings. The predicted molar refractivity (Wildman–Crippen MR) is 103 cm³/mol. The molecule has 2 heterocycles. The van der Waals surface area contributed by atoms with Crippen LogP contribution in [0.2, 0.25) is 5.02 Å². The van der Waals surface area contributed by atoms with Gasteiger partial charge in [-0.15, -0.1) is 12.4 Å². The summed E-state index contributed by atoms with van der Waals surface area (Å²) in [5, 5.41) is 5.06. The third kappa shape index (κ3) is 3.84. The van der Waals surface area contributed by atoms with Gasteiger partial charge in [-0.25, -0.2) is 4.68 Å². The second-order valence-electron chi connectivity index (χ2n) is 7.14. The third-order valence-electron chi connectivity index (χ3n) is 4.91. The Morgan fingerprint density at radius 2 is 1.96 bits per heavy atom. The van der Waals surface area contributed by atoms with Gasteiger partial charge in [-0.05, 0) is 43.0 Å². The largest absolute Gasteiger partial charge is 0.338 e. The molecule has 0 saturated carbocycles. The molecule has 1 saturated heterocycles. The lowest BCUT2D eigenvalue weighted by atomic mass is 9.79. The van der Waals surface area contributed by atoms with Gasteiger partial charge in [0, 0.05) is 24.2 Å². The van der Waals surface area contributed by atoms with Crippen molar-refractivity contribution in [3.63, 3.8) is 0 Å². The van der Waals surface area contributed by atoms with Crippen LogP contribution in [0.3, 0.4) is 0 Å². The average Bonchev–Trinajstić information content (AvgIpc) is 2.92. The van der Waals surface area contributed by atoms with Crippen molar-refractivity contribution in [3.8, 4) is 5.69 Å². The Labute approximate surface area is 159 Å². The highest BCUT2D eigenvalue weighted by atomic mass is 35.5. The summed E-state index contributed by atoms with van der Waals surface area (Å²) in [7, 11) is 0. The summed E-state index contributed by atoms with van der Waals surface area (Å²) in [4.78, 5) is 14.8. The lowest BCUT2D eigenvalue weighted by Gasteiger charge is -2.42. The summed E-state index contributed by atoms with van der Waals surface area (Å²) in [6.45, 7) is 7.49. The topological polar surface area (TPSA) is 64.2 Å². The minimum absolute atomic E-state index is 0. The summed E-state index contributed by atoms with van der Waals surface area (Å²) >= 11 is 5.93. The molecule has 1 aliphatic rings. The average molecular weight is 383 g/mol. The third-order valence-corrected chi connectivity index (χ3v) is 5.16. The number of halogens is 2. The van der Waals surface area contributed by atoms with Gasteiger partial charge < -0.3 is 10.6 Å². The van der Waals surface area contributed by atoms with Crippen molar-refractivity contribution in [1.29, 1.82) is 0 Å². The van der Waals surface area contributed by atoms with E-state index in [9.17, 15) is 4.79 Å². The maximum Gasteiger partial charge on any atom is 0.257 e. The van der Waals surface area contributed by atoms with Gasteiger partial charge in [0.15, 0.2) is 0 Å². The molecule has 5 nitrogen and oxygen atoms in total. The number of rotatable bonds is 2. The minimum atomic E-state index is -0.0754. The Kier molecular flexibility index (Phi) is 5.82. The molecule has 0 radical (unpaired) electrons. The van der Waals surface area contributed by atoms with Crippen molar-refractivity contribution >= 4 is 29.9 Å². The van der Waals surface area contributed by atoms with Crippen molar-refractivity contribution in [2.24, 2.45) is 11.1 Å². The van der Waals surface area contributed by atoms with Gasteiger partial charge in [-0.3, -0.25) is 4.79 Å². The Morgan fingerprint density at radius 1 is 1.32 bits per heavy atom. The monoisotopic (exact) mass is 382 g/mol. The van der Waals surface area contributed by atoms with E-state index in [0.29, 0.717) is 23.7 Å². The number of carbonyl (C=O) groups is 1. The molecule has 1 atom stereocenters. The van der Waals surface area contributed by atoms with Crippen molar-refractivity contribution in [2.75, 3.05) is 13.1 Å². The van der Waals surface area contributed by atoms with Crippen molar-refractivity contribution in [3.05, 3.63) is 46.7 Å². The number of benzene rings is 1. The Hall–Kier alpha value is -1.56. The van der Waals surface area contributed by atoms with Crippen molar-refractivity contribution in [2.45, 2.75) is 33.2 Å². The van der Waals surface area contributed by atoms with Crippen LogP contribution < -0.4 is 5.73 Å². The van der Waals surface area contributed by atoms with Gasteiger partial charge in [0.25, 0.3) is 5.91 Å². The molecule has 1 aliphatic heterocycles.